The second-order valence-electron chi connectivity index (χ2n) is 4.75. The molecule has 1 aromatic heterocycles. The summed E-state index contributed by atoms with van der Waals surface area (Å²) >= 11 is 0. The lowest BCUT2D eigenvalue weighted by molar-refractivity contribution is 0.245. The number of aromatic nitrogens is 2. The van der Waals surface area contributed by atoms with Crippen molar-refractivity contribution in [2.24, 2.45) is 5.92 Å². The third-order valence-electron chi connectivity index (χ3n) is 3.62. The normalized spacial score (nSPS) is 26.8. The van der Waals surface area contributed by atoms with Crippen molar-refractivity contribution in [1.82, 2.24) is 9.78 Å². The van der Waals surface area contributed by atoms with Gasteiger partial charge in [0.05, 0.1) is 6.04 Å². The average Bonchev–Trinajstić information content (AvgIpc) is 2.58. The quantitative estimate of drug-likeness (QED) is 0.810. The van der Waals surface area contributed by atoms with Crippen molar-refractivity contribution in [1.29, 1.82) is 0 Å². The number of nitrogen functional groups attached to an aromatic ring is 1. The molecule has 1 aliphatic carbocycles. The lowest BCUT2D eigenvalue weighted by atomic mass is 9.84. The summed E-state index contributed by atoms with van der Waals surface area (Å²) in [6.45, 7) is 4.39. The smallest absolute Gasteiger partial charge is 0.145 e. The molecule has 0 amide bonds. The molecule has 1 saturated carbocycles. The molecule has 0 saturated heterocycles. The zero-order valence-corrected chi connectivity index (χ0v) is 9.74. The number of nitrogens with zero attached hydrogens (tertiary/aromatic N) is 2. The topological polar surface area (TPSA) is 43.8 Å². The monoisotopic (exact) mass is 207 g/mol. The van der Waals surface area contributed by atoms with Crippen molar-refractivity contribution in [3.05, 3.63) is 11.8 Å². The van der Waals surface area contributed by atoms with E-state index in [1.807, 2.05) is 6.07 Å². The van der Waals surface area contributed by atoms with E-state index in [4.69, 9.17) is 5.73 Å². The van der Waals surface area contributed by atoms with Gasteiger partial charge in [0.25, 0.3) is 0 Å². The Morgan fingerprint density at radius 1 is 1.53 bits per heavy atom. The number of aryl methyl sites for hydroxylation is 1. The van der Waals surface area contributed by atoms with Gasteiger partial charge < -0.3 is 5.73 Å². The zero-order valence-electron chi connectivity index (χ0n) is 9.74. The summed E-state index contributed by atoms with van der Waals surface area (Å²) in [5.74, 6) is 1.54. The van der Waals surface area contributed by atoms with E-state index in [1.54, 1.807) is 0 Å². The molecule has 2 unspecified atom stereocenters. The molecule has 1 aromatic rings. The van der Waals surface area contributed by atoms with Crippen LogP contribution in [0.25, 0.3) is 0 Å². The fourth-order valence-electron chi connectivity index (χ4n) is 2.74. The first-order chi connectivity index (χ1) is 7.20. The Morgan fingerprint density at radius 3 is 2.93 bits per heavy atom. The first kappa shape index (κ1) is 10.5. The highest BCUT2D eigenvalue weighted by atomic mass is 15.3. The highest BCUT2D eigenvalue weighted by Gasteiger charge is 2.23. The summed E-state index contributed by atoms with van der Waals surface area (Å²) in [4.78, 5) is 0. The SMILES string of the molecule is CCC1CCCC(n2nc(N)cc2C)C1. The molecule has 84 valence electrons. The van der Waals surface area contributed by atoms with Gasteiger partial charge in [-0.1, -0.05) is 26.2 Å². The summed E-state index contributed by atoms with van der Waals surface area (Å²) in [6.07, 6.45) is 6.56. The first-order valence-corrected chi connectivity index (χ1v) is 6.02. The molecule has 0 aliphatic heterocycles. The van der Waals surface area contributed by atoms with E-state index in [-0.39, 0.29) is 0 Å². The first-order valence-electron chi connectivity index (χ1n) is 6.02. The van der Waals surface area contributed by atoms with E-state index in [0.29, 0.717) is 11.9 Å². The predicted molar refractivity (Wildman–Crippen MR) is 62.7 cm³/mol. The van der Waals surface area contributed by atoms with Gasteiger partial charge in [0.2, 0.25) is 0 Å². The summed E-state index contributed by atoms with van der Waals surface area (Å²) in [5.41, 5.74) is 6.92. The minimum Gasteiger partial charge on any atom is -0.382 e. The molecule has 3 nitrogen and oxygen atoms in total. The molecule has 0 aromatic carbocycles. The van der Waals surface area contributed by atoms with Crippen LogP contribution in [-0.2, 0) is 0 Å². The Morgan fingerprint density at radius 2 is 2.33 bits per heavy atom. The molecule has 0 bridgehead atoms. The summed E-state index contributed by atoms with van der Waals surface area (Å²) in [6, 6.07) is 2.55. The van der Waals surface area contributed by atoms with Crippen LogP contribution in [0.15, 0.2) is 6.07 Å². The second-order valence-corrected chi connectivity index (χ2v) is 4.75. The highest BCUT2D eigenvalue weighted by molar-refractivity contribution is 5.29. The number of anilines is 1. The second kappa shape index (κ2) is 4.25. The number of hydrogen-bond donors (Lipinski definition) is 1. The maximum absolute atomic E-state index is 5.72. The maximum atomic E-state index is 5.72. The van der Waals surface area contributed by atoms with Crippen LogP contribution in [0, 0.1) is 12.8 Å². The van der Waals surface area contributed by atoms with E-state index in [2.05, 4.69) is 23.6 Å². The van der Waals surface area contributed by atoms with Crippen LogP contribution >= 0.6 is 0 Å². The molecule has 1 fully saturated rings. The molecule has 2 N–H and O–H groups in total. The number of nitrogens with two attached hydrogens (primary N) is 1. The Kier molecular flexibility index (Phi) is 2.98. The van der Waals surface area contributed by atoms with Gasteiger partial charge >= 0.3 is 0 Å². The van der Waals surface area contributed by atoms with Crippen LogP contribution in [-0.4, -0.2) is 9.78 Å². The largest absolute Gasteiger partial charge is 0.382 e. The van der Waals surface area contributed by atoms with Gasteiger partial charge in [-0.2, -0.15) is 5.10 Å². The summed E-state index contributed by atoms with van der Waals surface area (Å²) in [5, 5.41) is 4.40. The van der Waals surface area contributed by atoms with E-state index >= 15 is 0 Å². The molecule has 0 spiro atoms. The lowest BCUT2D eigenvalue weighted by Gasteiger charge is -2.29. The molecule has 1 aliphatic rings. The van der Waals surface area contributed by atoms with Crippen molar-refractivity contribution in [3.8, 4) is 0 Å². The van der Waals surface area contributed by atoms with Crippen LogP contribution in [0.2, 0.25) is 0 Å². The Labute approximate surface area is 91.7 Å². The Bertz CT molecular complexity index is 330. The molecule has 2 rings (SSSR count). The molecular weight excluding hydrogens is 186 g/mol. The molecule has 0 radical (unpaired) electrons. The maximum Gasteiger partial charge on any atom is 0.145 e. The third kappa shape index (κ3) is 2.16. The predicted octanol–water partition coefficient (Wildman–Crippen LogP) is 2.92. The van der Waals surface area contributed by atoms with Gasteiger partial charge in [-0.15, -0.1) is 0 Å². The van der Waals surface area contributed by atoms with Gasteiger partial charge in [0.15, 0.2) is 0 Å². The standard InChI is InChI=1S/C12H21N3/c1-3-10-5-4-6-11(8-10)15-9(2)7-12(13)14-15/h7,10-11H,3-6,8H2,1-2H3,(H2,13,14). The van der Waals surface area contributed by atoms with E-state index < -0.39 is 0 Å². The minimum absolute atomic E-state index is 0.584. The van der Waals surface area contributed by atoms with Crippen molar-refractivity contribution in [2.45, 2.75) is 52.0 Å². The van der Waals surface area contributed by atoms with Crippen LogP contribution in [0.5, 0.6) is 0 Å². The van der Waals surface area contributed by atoms with Gasteiger partial charge in [0.1, 0.15) is 5.82 Å². The van der Waals surface area contributed by atoms with Crippen molar-refractivity contribution >= 4 is 5.82 Å². The van der Waals surface area contributed by atoms with Crippen LogP contribution in [0.1, 0.15) is 50.8 Å². The van der Waals surface area contributed by atoms with Crippen molar-refractivity contribution in [3.63, 3.8) is 0 Å². The van der Waals surface area contributed by atoms with E-state index in [1.165, 1.54) is 37.8 Å². The van der Waals surface area contributed by atoms with Gasteiger partial charge in [0, 0.05) is 11.8 Å². The van der Waals surface area contributed by atoms with Gasteiger partial charge in [-0.05, 0) is 25.7 Å². The summed E-state index contributed by atoms with van der Waals surface area (Å²) < 4.78 is 2.14. The van der Waals surface area contributed by atoms with E-state index in [9.17, 15) is 0 Å². The van der Waals surface area contributed by atoms with Gasteiger partial charge in [-0.25, -0.2) is 0 Å². The van der Waals surface area contributed by atoms with E-state index in [0.717, 1.165) is 5.92 Å². The Balaban J connectivity index is 2.13. The van der Waals surface area contributed by atoms with Gasteiger partial charge in [-0.3, -0.25) is 4.68 Å². The lowest BCUT2D eigenvalue weighted by Crippen LogP contribution is -2.20. The molecular formula is C12H21N3. The highest BCUT2D eigenvalue weighted by Crippen LogP contribution is 2.34. The zero-order chi connectivity index (χ0) is 10.8. The molecule has 3 heteroatoms. The Hall–Kier alpha value is -0.990. The van der Waals surface area contributed by atoms with Crippen LogP contribution < -0.4 is 5.73 Å². The van der Waals surface area contributed by atoms with Crippen LogP contribution in [0.3, 0.4) is 0 Å². The molecule has 15 heavy (non-hydrogen) atoms. The minimum atomic E-state index is 0.584. The van der Waals surface area contributed by atoms with Crippen molar-refractivity contribution < 1.29 is 0 Å². The van der Waals surface area contributed by atoms with Crippen LogP contribution in [0.4, 0.5) is 5.82 Å². The molecule has 1 heterocycles. The molecule has 2 atom stereocenters. The fourth-order valence-corrected chi connectivity index (χ4v) is 2.74. The average molecular weight is 207 g/mol. The fraction of sp³-hybridized carbons (Fsp3) is 0.750. The summed E-state index contributed by atoms with van der Waals surface area (Å²) in [7, 11) is 0. The number of hydrogen-bond acceptors (Lipinski definition) is 2. The number of rotatable bonds is 2. The van der Waals surface area contributed by atoms with Crippen molar-refractivity contribution in [2.75, 3.05) is 5.73 Å². The third-order valence-corrected chi connectivity index (χ3v) is 3.62.